The van der Waals surface area contributed by atoms with E-state index < -0.39 is 42.1 Å². The van der Waals surface area contributed by atoms with Gasteiger partial charge in [-0.1, -0.05) is 6.92 Å². The first-order valence-corrected chi connectivity index (χ1v) is 7.08. The highest BCUT2D eigenvalue weighted by Crippen LogP contribution is 2.48. The summed E-state index contributed by atoms with van der Waals surface area (Å²) in [5, 5.41) is 7.94. The molecule has 0 aromatic carbocycles. The average molecular weight is 344 g/mol. The highest BCUT2D eigenvalue weighted by atomic mass is 32.2. The Kier molecular flexibility index (Phi) is 7.31. The molecule has 0 aromatic rings. The van der Waals surface area contributed by atoms with E-state index in [1.54, 1.807) is 6.92 Å². The molecule has 1 atom stereocenters. The fraction of sp³-hybridized carbons (Fsp3) is 0.909. The third kappa shape index (κ3) is 5.55. The van der Waals surface area contributed by atoms with E-state index in [4.69, 9.17) is 5.11 Å². The molecule has 0 aliphatic heterocycles. The second kappa shape index (κ2) is 7.55. The van der Waals surface area contributed by atoms with Crippen LogP contribution in [0.4, 0.5) is 30.7 Å². The van der Waals surface area contributed by atoms with Gasteiger partial charge in [0.2, 0.25) is 0 Å². The number of carbonyl (C=O) groups is 1. The Bertz CT molecular complexity index is 344. The van der Waals surface area contributed by atoms with E-state index in [1.807, 2.05) is 0 Å². The lowest BCUT2D eigenvalue weighted by Crippen LogP contribution is -2.51. The Morgan fingerprint density at radius 3 is 2.00 bits per heavy atom. The first-order chi connectivity index (χ1) is 9.37. The molecule has 0 saturated heterocycles. The fourth-order valence-electron chi connectivity index (χ4n) is 1.40. The topological polar surface area (TPSA) is 37.3 Å². The molecule has 1 unspecified atom stereocenters. The lowest BCUT2D eigenvalue weighted by molar-refractivity contribution is -0.355. The number of alkyl halides is 7. The summed E-state index contributed by atoms with van der Waals surface area (Å²) in [4.78, 5) is 10.6. The molecule has 0 aromatic heterocycles. The van der Waals surface area contributed by atoms with Crippen molar-refractivity contribution in [1.29, 1.82) is 0 Å². The molecular weight excluding hydrogens is 329 g/mol. The third-order valence-electron chi connectivity index (χ3n) is 2.67. The molecule has 0 bridgehead atoms. The van der Waals surface area contributed by atoms with Gasteiger partial charge in [-0.15, -0.1) is 11.8 Å². The Morgan fingerprint density at radius 1 is 1.10 bits per heavy atom. The Labute approximate surface area is 121 Å². The summed E-state index contributed by atoms with van der Waals surface area (Å²) in [6, 6.07) is 0. The number of carboxylic acids is 1. The van der Waals surface area contributed by atoms with Gasteiger partial charge in [0.1, 0.15) is 5.25 Å². The maximum Gasteiger partial charge on any atom is 0.459 e. The van der Waals surface area contributed by atoms with Gasteiger partial charge >= 0.3 is 24.0 Å². The van der Waals surface area contributed by atoms with Gasteiger partial charge in [-0.05, 0) is 25.0 Å². The van der Waals surface area contributed by atoms with Crippen molar-refractivity contribution in [3.05, 3.63) is 0 Å². The minimum atomic E-state index is -6.30. The van der Waals surface area contributed by atoms with Crippen molar-refractivity contribution in [2.24, 2.45) is 0 Å². The predicted octanol–water partition coefficient (Wildman–Crippen LogP) is 4.59. The highest BCUT2D eigenvalue weighted by molar-refractivity contribution is 8.00. The van der Waals surface area contributed by atoms with Crippen LogP contribution in [0.2, 0.25) is 0 Å². The number of halogens is 7. The molecule has 2 nitrogen and oxygen atoms in total. The van der Waals surface area contributed by atoms with E-state index in [9.17, 15) is 35.5 Å². The standard InChI is InChI=1S/C11H15F7O2S/c1-2-7(8(19)20)21-6-4-3-5-9(12,13)10(14,15)11(16,17)18/h7H,2-6H2,1H3,(H,19,20). The number of unbranched alkanes of at least 4 members (excludes halogenated alkanes) is 1. The van der Waals surface area contributed by atoms with Gasteiger partial charge in [-0.2, -0.15) is 30.7 Å². The average Bonchev–Trinajstić information content (AvgIpc) is 2.31. The van der Waals surface area contributed by atoms with Crippen LogP contribution in [0.15, 0.2) is 0 Å². The van der Waals surface area contributed by atoms with Crippen LogP contribution in [0.25, 0.3) is 0 Å². The molecule has 10 heteroatoms. The normalized spacial score (nSPS) is 15.0. The first kappa shape index (κ1) is 20.3. The van der Waals surface area contributed by atoms with Gasteiger partial charge in [0, 0.05) is 6.42 Å². The summed E-state index contributed by atoms with van der Waals surface area (Å²) < 4.78 is 86.4. The number of aliphatic carboxylic acids is 1. The van der Waals surface area contributed by atoms with Crippen LogP contribution in [0.3, 0.4) is 0 Å². The van der Waals surface area contributed by atoms with E-state index in [0.29, 0.717) is 6.42 Å². The number of thioether (sulfide) groups is 1. The number of carboxylic acid groups (broad SMARTS) is 1. The second-order valence-electron chi connectivity index (χ2n) is 4.34. The van der Waals surface area contributed by atoms with Crippen molar-refractivity contribution >= 4 is 17.7 Å². The summed E-state index contributed by atoms with van der Waals surface area (Å²) in [6.07, 6.45) is -8.24. The molecule has 0 saturated carbocycles. The molecule has 0 fully saturated rings. The number of hydrogen-bond acceptors (Lipinski definition) is 2. The third-order valence-corrected chi connectivity index (χ3v) is 4.13. The van der Waals surface area contributed by atoms with Crippen molar-refractivity contribution in [1.82, 2.24) is 0 Å². The molecular formula is C11H15F7O2S. The maximum atomic E-state index is 12.9. The summed E-state index contributed by atoms with van der Waals surface area (Å²) >= 11 is 0.939. The monoisotopic (exact) mass is 344 g/mol. The van der Waals surface area contributed by atoms with Crippen LogP contribution in [0.1, 0.15) is 32.6 Å². The van der Waals surface area contributed by atoms with Gasteiger partial charge in [0.15, 0.2) is 0 Å². The van der Waals surface area contributed by atoms with Crippen molar-refractivity contribution in [2.75, 3.05) is 5.75 Å². The zero-order valence-electron chi connectivity index (χ0n) is 11.0. The minimum absolute atomic E-state index is 0.0715. The van der Waals surface area contributed by atoms with Crippen LogP contribution < -0.4 is 0 Å². The van der Waals surface area contributed by atoms with E-state index in [0.717, 1.165) is 11.8 Å². The molecule has 0 rings (SSSR count). The Balaban J connectivity index is 4.26. The molecule has 0 aliphatic rings. The lowest BCUT2D eigenvalue weighted by Gasteiger charge is -2.28. The predicted molar refractivity (Wildman–Crippen MR) is 64.0 cm³/mol. The molecule has 126 valence electrons. The summed E-state index contributed by atoms with van der Waals surface area (Å²) in [5.74, 6) is -12.2. The van der Waals surface area contributed by atoms with Gasteiger partial charge in [0.25, 0.3) is 0 Å². The van der Waals surface area contributed by atoms with Gasteiger partial charge in [-0.25, -0.2) is 0 Å². The van der Waals surface area contributed by atoms with E-state index in [1.165, 1.54) is 0 Å². The quantitative estimate of drug-likeness (QED) is 0.491. The van der Waals surface area contributed by atoms with E-state index >= 15 is 0 Å². The van der Waals surface area contributed by atoms with Crippen LogP contribution in [0.5, 0.6) is 0 Å². The summed E-state index contributed by atoms with van der Waals surface area (Å²) in [7, 11) is 0. The molecule has 21 heavy (non-hydrogen) atoms. The lowest BCUT2D eigenvalue weighted by atomic mass is 10.0. The Morgan fingerprint density at radius 2 is 1.62 bits per heavy atom. The first-order valence-electron chi connectivity index (χ1n) is 6.03. The van der Waals surface area contributed by atoms with Crippen LogP contribution in [-0.4, -0.2) is 40.1 Å². The smallest absolute Gasteiger partial charge is 0.459 e. The van der Waals surface area contributed by atoms with Crippen molar-refractivity contribution in [2.45, 2.75) is 55.9 Å². The minimum Gasteiger partial charge on any atom is -0.480 e. The second-order valence-corrected chi connectivity index (χ2v) is 5.65. The van der Waals surface area contributed by atoms with Crippen molar-refractivity contribution in [3.63, 3.8) is 0 Å². The zero-order chi connectivity index (χ0) is 16.9. The highest BCUT2D eigenvalue weighted by Gasteiger charge is 2.72. The SMILES string of the molecule is CCC(SCCCCC(F)(F)C(F)(F)C(F)(F)F)C(=O)O. The molecule has 0 heterocycles. The van der Waals surface area contributed by atoms with Gasteiger partial charge in [-0.3, -0.25) is 4.79 Å². The van der Waals surface area contributed by atoms with Crippen LogP contribution in [0, 0.1) is 0 Å². The maximum absolute atomic E-state index is 12.9. The number of rotatable bonds is 9. The van der Waals surface area contributed by atoms with Crippen LogP contribution in [-0.2, 0) is 4.79 Å². The molecule has 0 aliphatic carbocycles. The fourth-order valence-corrected chi connectivity index (χ4v) is 2.44. The molecule has 1 N–H and O–H groups in total. The largest absolute Gasteiger partial charge is 0.480 e. The zero-order valence-corrected chi connectivity index (χ0v) is 11.8. The summed E-state index contributed by atoms with van der Waals surface area (Å²) in [5.41, 5.74) is 0. The van der Waals surface area contributed by atoms with Crippen molar-refractivity contribution in [3.8, 4) is 0 Å². The number of hydrogen-bond donors (Lipinski definition) is 1. The van der Waals surface area contributed by atoms with Gasteiger partial charge in [0.05, 0.1) is 0 Å². The molecule has 0 radical (unpaired) electrons. The van der Waals surface area contributed by atoms with E-state index in [-0.39, 0.29) is 12.2 Å². The van der Waals surface area contributed by atoms with Gasteiger partial charge < -0.3 is 5.11 Å². The Hall–Kier alpha value is -0.670. The van der Waals surface area contributed by atoms with Crippen molar-refractivity contribution < 1.29 is 40.6 Å². The molecule has 0 spiro atoms. The van der Waals surface area contributed by atoms with Crippen LogP contribution >= 0.6 is 11.8 Å². The molecule has 0 amide bonds. The summed E-state index contributed by atoms with van der Waals surface area (Å²) in [6.45, 7) is 1.60. The van der Waals surface area contributed by atoms with E-state index in [2.05, 4.69) is 0 Å².